The fourth-order valence-electron chi connectivity index (χ4n) is 2.31. The smallest absolute Gasteiger partial charge is 0.225 e. The number of aromatic nitrogens is 2. The zero-order valence-electron chi connectivity index (χ0n) is 11.2. The molecular weight excluding hydrogens is 260 g/mol. The lowest BCUT2D eigenvalue weighted by atomic mass is 10.3. The predicted octanol–water partition coefficient (Wildman–Crippen LogP) is 2.00. The maximum absolute atomic E-state index is 9.28. The van der Waals surface area contributed by atoms with E-state index in [-0.39, 0.29) is 6.61 Å². The van der Waals surface area contributed by atoms with E-state index >= 15 is 0 Å². The monoisotopic (exact) mass is 278 g/mol. The van der Waals surface area contributed by atoms with Crippen molar-refractivity contribution in [2.75, 3.05) is 30.4 Å². The van der Waals surface area contributed by atoms with Gasteiger partial charge in [-0.15, -0.1) is 11.3 Å². The van der Waals surface area contributed by atoms with Crippen molar-refractivity contribution >= 4 is 33.3 Å². The normalized spacial score (nSPS) is 14.9. The van der Waals surface area contributed by atoms with Gasteiger partial charge in [-0.1, -0.05) is 0 Å². The molecule has 1 fully saturated rings. The summed E-state index contributed by atoms with van der Waals surface area (Å²) in [6.45, 7) is 2.87. The predicted molar refractivity (Wildman–Crippen MR) is 79.2 cm³/mol. The van der Waals surface area contributed by atoms with E-state index in [4.69, 9.17) is 0 Å². The fourth-order valence-corrected chi connectivity index (χ4v) is 3.19. The fraction of sp³-hybridized carbons (Fsp3) is 0.538. The van der Waals surface area contributed by atoms with Gasteiger partial charge < -0.3 is 15.3 Å². The molecule has 1 saturated carbocycles. The SMILES string of the molecule is CNc1nc(N(CCO)C2CC2)c2cc(C)sc2n1. The average Bonchev–Trinajstić information content (AvgIpc) is 3.16. The lowest BCUT2D eigenvalue weighted by Crippen LogP contribution is -2.30. The molecule has 19 heavy (non-hydrogen) atoms. The maximum atomic E-state index is 9.28. The second kappa shape index (κ2) is 4.94. The van der Waals surface area contributed by atoms with Crippen LogP contribution in [0.1, 0.15) is 17.7 Å². The third kappa shape index (κ3) is 2.37. The molecule has 0 saturated heterocycles. The molecule has 2 heterocycles. The third-order valence-electron chi connectivity index (χ3n) is 3.32. The summed E-state index contributed by atoms with van der Waals surface area (Å²) in [5.41, 5.74) is 0. The van der Waals surface area contributed by atoms with E-state index in [9.17, 15) is 5.11 Å². The molecule has 5 nitrogen and oxygen atoms in total. The summed E-state index contributed by atoms with van der Waals surface area (Å²) in [5.74, 6) is 1.60. The first-order chi connectivity index (χ1) is 9.22. The standard InChI is InChI=1S/C13H18N4OS/c1-8-7-10-11(17(5-6-18)9-3-4-9)15-13(14-2)16-12(10)19-8/h7,9,18H,3-6H2,1-2H3,(H,14,15,16). The number of aliphatic hydroxyl groups excluding tert-OH is 1. The van der Waals surface area contributed by atoms with Crippen LogP contribution < -0.4 is 10.2 Å². The van der Waals surface area contributed by atoms with Crippen molar-refractivity contribution in [1.29, 1.82) is 0 Å². The van der Waals surface area contributed by atoms with Gasteiger partial charge in [0, 0.05) is 24.5 Å². The molecule has 0 amide bonds. The molecular formula is C13H18N4OS. The Morgan fingerprint density at radius 2 is 2.26 bits per heavy atom. The number of hydrogen-bond donors (Lipinski definition) is 2. The number of nitrogens with zero attached hydrogens (tertiary/aromatic N) is 3. The van der Waals surface area contributed by atoms with Crippen LogP contribution >= 0.6 is 11.3 Å². The zero-order chi connectivity index (χ0) is 13.4. The van der Waals surface area contributed by atoms with Gasteiger partial charge >= 0.3 is 0 Å². The Hall–Kier alpha value is -1.40. The molecule has 2 aromatic rings. The molecule has 0 atom stereocenters. The van der Waals surface area contributed by atoms with E-state index in [0.29, 0.717) is 18.5 Å². The number of aliphatic hydroxyl groups is 1. The highest BCUT2D eigenvalue weighted by Gasteiger charge is 2.31. The summed E-state index contributed by atoms with van der Waals surface area (Å²) < 4.78 is 0. The van der Waals surface area contributed by atoms with E-state index in [1.807, 2.05) is 7.05 Å². The molecule has 0 unspecified atom stereocenters. The second-order valence-electron chi connectivity index (χ2n) is 4.84. The summed E-state index contributed by atoms with van der Waals surface area (Å²) in [7, 11) is 1.83. The van der Waals surface area contributed by atoms with Crippen LogP contribution in [0.5, 0.6) is 0 Å². The Morgan fingerprint density at radius 1 is 1.47 bits per heavy atom. The molecule has 0 radical (unpaired) electrons. The first-order valence-electron chi connectivity index (χ1n) is 6.56. The van der Waals surface area contributed by atoms with Crippen LogP contribution in [0.15, 0.2) is 6.07 Å². The number of anilines is 2. The second-order valence-corrected chi connectivity index (χ2v) is 6.08. The molecule has 102 valence electrons. The molecule has 2 N–H and O–H groups in total. The van der Waals surface area contributed by atoms with E-state index in [1.54, 1.807) is 11.3 Å². The van der Waals surface area contributed by atoms with Crippen molar-refractivity contribution in [3.05, 3.63) is 10.9 Å². The summed E-state index contributed by atoms with van der Waals surface area (Å²) in [6.07, 6.45) is 2.37. The van der Waals surface area contributed by atoms with Gasteiger partial charge in [0.05, 0.1) is 12.0 Å². The molecule has 0 aromatic carbocycles. The van der Waals surface area contributed by atoms with Gasteiger partial charge in [0.15, 0.2) is 0 Å². The van der Waals surface area contributed by atoms with Gasteiger partial charge in [0.1, 0.15) is 10.6 Å². The molecule has 0 aliphatic heterocycles. The lowest BCUT2D eigenvalue weighted by molar-refractivity contribution is 0.301. The number of aryl methyl sites for hydroxylation is 1. The summed E-state index contributed by atoms with van der Waals surface area (Å²) in [4.78, 5) is 13.6. The van der Waals surface area contributed by atoms with Crippen LogP contribution in [0.4, 0.5) is 11.8 Å². The van der Waals surface area contributed by atoms with Crippen molar-refractivity contribution in [3.63, 3.8) is 0 Å². The third-order valence-corrected chi connectivity index (χ3v) is 4.26. The Bertz CT molecular complexity index is 594. The van der Waals surface area contributed by atoms with Gasteiger partial charge in [-0.3, -0.25) is 0 Å². The average molecular weight is 278 g/mol. The number of nitrogens with one attached hydrogen (secondary N) is 1. The minimum atomic E-state index is 0.153. The van der Waals surface area contributed by atoms with E-state index in [2.05, 4.69) is 33.2 Å². The van der Waals surface area contributed by atoms with Crippen LogP contribution in [-0.4, -0.2) is 41.3 Å². The highest BCUT2D eigenvalue weighted by Crippen LogP contribution is 2.37. The van der Waals surface area contributed by atoms with E-state index < -0.39 is 0 Å². The largest absolute Gasteiger partial charge is 0.395 e. The highest BCUT2D eigenvalue weighted by molar-refractivity contribution is 7.18. The maximum Gasteiger partial charge on any atom is 0.225 e. The topological polar surface area (TPSA) is 61.3 Å². The number of thiophene rings is 1. The van der Waals surface area contributed by atoms with Crippen LogP contribution in [0, 0.1) is 6.92 Å². The van der Waals surface area contributed by atoms with Crippen molar-refractivity contribution < 1.29 is 5.11 Å². The Kier molecular flexibility index (Phi) is 3.28. The van der Waals surface area contributed by atoms with Crippen molar-refractivity contribution in [2.24, 2.45) is 0 Å². The molecule has 2 aromatic heterocycles. The van der Waals surface area contributed by atoms with Crippen LogP contribution in [0.3, 0.4) is 0 Å². The minimum Gasteiger partial charge on any atom is -0.395 e. The van der Waals surface area contributed by atoms with Gasteiger partial charge in [-0.2, -0.15) is 4.98 Å². The first-order valence-corrected chi connectivity index (χ1v) is 7.38. The summed E-state index contributed by atoms with van der Waals surface area (Å²) in [5, 5.41) is 13.4. The molecule has 1 aliphatic rings. The molecule has 0 bridgehead atoms. The minimum absolute atomic E-state index is 0.153. The lowest BCUT2D eigenvalue weighted by Gasteiger charge is -2.23. The van der Waals surface area contributed by atoms with Crippen molar-refractivity contribution in [3.8, 4) is 0 Å². The number of hydrogen-bond acceptors (Lipinski definition) is 6. The molecule has 6 heteroatoms. The van der Waals surface area contributed by atoms with Crippen LogP contribution in [0.25, 0.3) is 10.2 Å². The number of fused-ring (bicyclic) bond motifs is 1. The van der Waals surface area contributed by atoms with Gasteiger partial charge in [0.25, 0.3) is 0 Å². The summed E-state index contributed by atoms with van der Waals surface area (Å²) in [6, 6.07) is 2.66. The van der Waals surface area contributed by atoms with E-state index in [0.717, 1.165) is 16.0 Å². The van der Waals surface area contributed by atoms with Crippen molar-refractivity contribution in [2.45, 2.75) is 25.8 Å². The van der Waals surface area contributed by atoms with Gasteiger partial charge in [-0.25, -0.2) is 4.98 Å². The van der Waals surface area contributed by atoms with E-state index in [1.165, 1.54) is 17.7 Å². The highest BCUT2D eigenvalue weighted by atomic mass is 32.1. The number of rotatable bonds is 5. The Balaban J connectivity index is 2.13. The van der Waals surface area contributed by atoms with Crippen LogP contribution in [-0.2, 0) is 0 Å². The van der Waals surface area contributed by atoms with Crippen LogP contribution in [0.2, 0.25) is 0 Å². The van der Waals surface area contributed by atoms with Gasteiger partial charge in [-0.05, 0) is 25.8 Å². The zero-order valence-corrected chi connectivity index (χ0v) is 12.0. The molecule has 0 spiro atoms. The van der Waals surface area contributed by atoms with Crippen molar-refractivity contribution in [1.82, 2.24) is 9.97 Å². The van der Waals surface area contributed by atoms with Gasteiger partial charge in [0.2, 0.25) is 5.95 Å². The first kappa shape index (κ1) is 12.6. The quantitative estimate of drug-likeness (QED) is 0.876. The summed E-state index contributed by atoms with van der Waals surface area (Å²) >= 11 is 1.68. The Labute approximate surface area is 116 Å². The Morgan fingerprint density at radius 3 is 2.89 bits per heavy atom. The molecule has 3 rings (SSSR count). The molecule has 1 aliphatic carbocycles.